The summed E-state index contributed by atoms with van der Waals surface area (Å²) in [6.45, 7) is 4.79. The van der Waals surface area contributed by atoms with Gasteiger partial charge in [0, 0.05) is 32.8 Å². The second-order valence-electron chi connectivity index (χ2n) is 23.8. The molecule has 1 unspecified atom stereocenters. The van der Waals surface area contributed by atoms with Gasteiger partial charge in [-0.15, -0.1) is 0 Å². The molecule has 83 heavy (non-hydrogen) atoms. The number of rotatable bonds is 6. The minimum atomic E-state index is -0.561. The number of nitrogens with zero attached hydrogens (tertiary/aromatic N) is 2. The zero-order valence-electron chi connectivity index (χ0n) is 46.1. The van der Waals surface area contributed by atoms with Gasteiger partial charge in [0.1, 0.15) is 0 Å². The summed E-state index contributed by atoms with van der Waals surface area (Å²) in [6, 6.07) is 111. The van der Waals surface area contributed by atoms with E-state index in [1.165, 1.54) is 138 Å². The lowest BCUT2D eigenvalue weighted by Gasteiger charge is -2.39. The van der Waals surface area contributed by atoms with Crippen molar-refractivity contribution in [1.82, 2.24) is 4.57 Å². The van der Waals surface area contributed by atoms with Gasteiger partial charge in [0.15, 0.2) is 0 Å². The van der Waals surface area contributed by atoms with Crippen LogP contribution in [-0.2, 0) is 16.2 Å². The Morgan fingerprint density at radius 3 is 1.60 bits per heavy atom. The summed E-state index contributed by atoms with van der Waals surface area (Å²) in [5.74, 6) is 0. The van der Waals surface area contributed by atoms with Crippen molar-refractivity contribution in [2.45, 2.75) is 30.1 Å². The Bertz CT molecular complexity index is 5040. The molecule has 0 N–H and O–H groups in total. The zero-order valence-corrected chi connectivity index (χ0v) is 46.1. The number of fused-ring (bicyclic) bond motifs is 19. The summed E-state index contributed by atoms with van der Waals surface area (Å²) in [7, 11) is 0. The standard InChI is InChI=1S/C81H54N2/c1-79(2)65-34-15-11-28-57(65)59-46-44-54(50-71(59)79)82(76-42-22-38-69-77(76)64-32-13-17-36-67(64)80(69,52-23-5-3-6-24-52)53-25-7-4-8-26-53)74-48-47-55(56-27-9-10-30-61(56)74)51-43-45-60-58-29-12-16-35-66(58)81(72(60)49-51)68-37-18-20-41-75(68)83-73-40-19-14-31-62(73)63-33-21-39-70(81)78(63)83/h3-50H,1-2H3. The molecule has 1 aliphatic heterocycles. The lowest BCUT2D eigenvalue weighted by atomic mass is 9.65. The van der Waals surface area contributed by atoms with Crippen molar-refractivity contribution < 1.29 is 0 Å². The van der Waals surface area contributed by atoms with Crippen LogP contribution in [-0.4, -0.2) is 4.57 Å². The lowest BCUT2D eigenvalue weighted by Crippen LogP contribution is -2.33. The van der Waals surface area contributed by atoms with Crippen LogP contribution >= 0.6 is 0 Å². The van der Waals surface area contributed by atoms with E-state index in [4.69, 9.17) is 0 Å². The third kappa shape index (κ3) is 5.92. The molecular formula is C81H54N2. The van der Waals surface area contributed by atoms with Gasteiger partial charge in [0.25, 0.3) is 0 Å². The molecule has 2 heterocycles. The highest BCUT2D eigenvalue weighted by atomic mass is 15.1. The first kappa shape index (κ1) is 46.5. The fourth-order valence-electron chi connectivity index (χ4n) is 16.4. The van der Waals surface area contributed by atoms with Crippen LogP contribution in [0.5, 0.6) is 0 Å². The van der Waals surface area contributed by atoms with Gasteiger partial charge >= 0.3 is 0 Å². The van der Waals surface area contributed by atoms with Crippen molar-refractivity contribution in [2.24, 2.45) is 0 Å². The van der Waals surface area contributed by atoms with Crippen LogP contribution in [0.3, 0.4) is 0 Å². The van der Waals surface area contributed by atoms with E-state index in [-0.39, 0.29) is 5.41 Å². The highest BCUT2D eigenvalue weighted by molar-refractivity contribution is 6.14. The van der Waals surface area contributed by atoms with Crippen LogP contribution in [0, 0.1) is 0 Å². The molecule has 388 valence electrons. The van der Waals surface area contributed by atoms with Crippen LogP contribution in [0.15, 0.2) is 291 Å². The Hall–Kier alpha value is -10.3. The molecule has 18 rings (SSSR count). The zero-order chi connectivity index (χ0) is 54.8. The van der Waals surface area contributed by atoms with E-state index in [1.807, 2.05) is 0 Å². The topological polar surface area (TPSA) is 8.17 Å². The summed E-state index contributed by atoms with van der Waals surface area (Å²) in [4.78, 5) is 2.60. The maximum absolute atomic E-state index is 2.60. The fraction of sp³-hybridized carbons (Fsp3) is 0.0617. The van der Waals surface area contributed by atoms with Gasteiger partial charge in [-0.1, -0.05) is 263 Å². The maximum Gasteiger partial charge on any atom is 0.0754 e. The molecule has 0 amide bonds. The largest absolute Gasteiger partial charge is 0.309 e. The molecule has 0 radical (unpaired) electrons. The first-order chi connectivity index (χ1) is 41.0. The summed E-state index contributed by atoms with van der Waals surface area (Å²) < 4.78 is 2.54. The summed E-state index contributed by atoms with van der Waals surface area (Å²) in [5.41, 5.74) is 29.0. The molecular weight excluding hydrogens is 1000 g/mol. The quantitative estimate of drug-likeness (QED) is 0.161. The lowest BCUT2D eigenvalue weighted by molar-refractivity contribution is 0.660. The summed E-state index contributed by atoms with van der Waals surface area (Å²) in [6.07, 6.45) is 0. The van der Waals surface area contributed by atoms with Crippen molar-refractivity contribution in [2.75, 3.05) is 4.90 Å². The van der Waals surface area contributed by atoms with Crippen molar-refractivity contribution in [3.63, 3.8) is 0 Å². The Kier molecular flexibility index (Phi) is 9.46. The van der Waals surface area contributed by atoms with E-state index in [9.17, 15) is 0 Å². The molecule has 0 bridgehead atoms. The Balaban J connectivity index is 0.889. The van der Waals surface area contributed by atoms with Crippen molar-refractivity contribution in [1.29, 1.82) is 0 Å². The molecule has 0 fully saturated rings. The van der Waals surface area contributed by atoms with Gasteiger partial charge in [-0.05, 0) is 142 Å². The molecule has 2 heteroatoms. The van der Waals surface area contributed by atoms with E-state index in [2.05, 4.69) is 315 Å². The molecule has 14 aromatic rings. The van der Waals surface area contributed by atoms with E-state index in [0.29, 0.717) is 0 Å². The van der Waals surface area contributed by atoms with Crippen LogP contribution in [0.2, 0.25) is 0 Å². The maximum atomic E-state index is 2.60. The number of benzene rings is 13. The SMILES string of the molecule is CC1(C)c2ccccc2-c2ccc(N(c3cccc4c3-c3ccccc3C4(c3ccccc3)c3ccccc3)c3ccc(-c4ccc5c(c4)C4(c6ccccc6-5)c5ccccc5-n5c6ccccc6c6cccc4c65)c4ccccc34)cc21. The van der Waals surface area contributed by atoms with E-state index in [1.54, 1.807) is 0 Å². The number of para-hydroxylation sites is 3. The predicted octanol–water partition coefficient (Wildman–Crippen LogP) is 20.4. The van der Waals surface area contributed by atoms with E-state index >= 15 is 0 Å². The van der Waals surface area contributed by atoms with E-state index < -0.39 is 10.8 Å². The van der Waals surface area contributed by atoms with Crippen LogP contribution in [0.4, 0.5) is 17.1 Å². The van der Waals surface area contributed by atoms with Crippen LogP contribution in [0.1, 0.15) is 69.5 Å². The second-order valence-corrected chi connectivity index (χ2v) is 23.8. The Morgan fingerprint density at radius 1 is 0.301 bits per heavy atom. The molecule has 0 saturated heterocycles. The highest BCUT2D eigenvalue weighted by Gasteiger charge is 2.52. The average Bonchev–Trinajstić information content (AvgIpc) is 1.61. The molecule has 1 aromatic heterocycles. The van der Waals surface area contributed by atoms with Gasteiger partial charge in [-0.2, -0.15) is 0 Å². The number of anilines is 3. The van der Waals surface area contributed by atoms with Crippen molar-refractivity contribution in [3.05, 3.63) is 347 Å². The van der Waals surface area contributed by atoms with Gasteiger partial charge in [-0.3, -0.25) is 0 Å². The normalized spacial score (nSPS) is 15.8. The average molecular weight is 1060 g/mol. The molecule has 2 nitrogen and oxygen atoms in total. The number of hydrogen-bond donors (Lipinski definition) is 0. The van der Waals surface area contributed by atoms with Gasteiger partial charge in [-0.25, -0.2) is 0 Å². The second kappa shape index (κ2) is 16.9. The van der Waals surface area contributed by atoms with Crippen molar-refractivity contribution in [3.8, 4) is 50.2 Å². The highest BCUT2D eigenvalue weighted by Crippen LogP contribution is 2.63. The van der Waals surface area contributed by atoms with Crippen LogP contribution < -0.4 is 4.90 Å². The fourth-order valence-corrected chi connectivity index (χ4v) is 16.4. The molecule has 1 atom stereocenters. The monoisotopic (exact) mass is 1050 g/mol. The van der Waals surface area contributed by atoms with Gasteiger partial charge in [0.2, 0.25) is 0 Å². The minimum Gasteiger partial charge on any atom is -0.309 e. The molecule has 13 aromatic carbocycles. The Morgan fingerprint density at radius 2 is 0.831 bits per heavy atom. The Labute approximate surface area is 483 Å². The first-order valence-corrected chi connectivity index (χ1v) is 29.3. The molecule has 4 aliphatic rings. The summed E-state index contributed by atoms with van der Waals surface area (Å²) in [5, 5.41) is 4.96. The van der Waals surface area contributed by atoms with Gasteiger partial charge in [0.05, 0.1) is 38.9 Å². The van der Waals surface area contributed by atoms with E-state index in [0.717, 1.165) is 17.1 Å². The predicted molar refractivity (Wildman–Crippen MR) is 344 cm³/mol. The first-order valence-electron chi connectivity index (χ1n) is 29.3. The third-order valence-electron chi connectivity index (χ3n) is 19.7. The van der Waals surface area contributed by atoms with Crippen molar-refractivity contribution >= 4 is 49.6 Å². The number of aromatic nitrogens is 1. The number of hydrogen-bond acceptors (Lipinski definition) is 1. The van der Waals surface area contributed by atoms with Gasteiger partial charge < -0.3 is 9.47 Å². The third-order valence-corrected chi connectivity index (χ3v) is 19.7. The smallest absolute Gasteiger partial charge is 0.0754 e. The molecule has 0 saturated carbocycles. The molecule has 1 spiro atoms. The van der Waals surface area contributed by atoms with Crippen LogP contribution in [0.25, 0.3) is 82.8 Å². The summed E-state index contributed by atoms with van der Waals surface area (Å²) >= 11 is 0. The molecule has 3 aliphatic carbocycles. The minimum absolute atomic E-state index is 0.202.